The molecule has 2 N–H and O–H groups in total. The van der Waals surface area contributed by atoms with Crippen molar-refractivity contribution in [2.24, 2.45) is 0 Å². The van der Waals surface area contributed by atoms with E-state index in [4.69, 9.17) is 4.74 Å². The highest BCUT2D eigenvalue weighted by Crippen LogP contribution is 2.44. The van der Waals surface area contributed by atoms with Crippen LogP contribution in [0.3, 0.4) is 0 Å². The maximum Gasteiger partial charge on any atom is 0.127 e. The predicted octanol–water partition coefficient (Wildman–Crippen LogP) is 3.54. The second-order valence-electron chi connectivity index (χ2n) is 7.49. The van der Waals surface area contributed by atoms with Gasteiger partial charge in [0.15, 0.2) is 0 Å². The summed E-state index contributed by atoms with van der Waals surface area (Å²) in [5, 5.41) is 19.9. The van der Waals surface area contributed by atoms with Crippen LogP contribution in [0.1, 0.15) is 48.0 Å². The van der Waals surface area contributed by atoms with Crippen LogP contribution in [0.25, 0.3) is 0 Å². The molecule has 2 aromatic carbocycles. The number of hydrogen-bond donors (Lipinski definition) is 2. The van der Waals surface area contributed by atoms with E-state index in [0.29, 0.717) is 12.2 Å². The molecular formula is C22H25NO4. The summed E-state index contributed by atoms with van der Waals surface area (Å²) >= 11 is 0. The molecule has 2 aliphatic rings. The van der Waals surface area contributed by atoms with Crippen LogP contribution in [0.15, 0.2) is 36.4 Å². The van der Waals surface area contributed by atoms with Gasteiger partial charge in [-0.15, -0.1) is 0 Å². The Hall–Kier alpha value is -2.53. The quantitative estimate of drug-likeness (QED) is 0.791. The summed E-state index contributed by atoms with van der Waals surface area (Å²) in [6, 6.07) is 10.4. The third kappa shape index (κ3) is 3.78. The van der Waals surface area contributed by atoms with E-state index >= 15 is 0 Å². The number of benzene rings is 2. The van der Waals surface area contributed by atoms with E-state index in [1.807, 2.05) is 6.07 Å². The fraction of sp³-hybridized carbons (Fsp3) is 0.409. The van der Waals surface area contributed by atoms with Crippen LogP contribution in [0.4, 0.5) is 0 Å². The minimum absolute atomic E-state index is 0.196. The third-order valence-corrected chi connectivity index (χ3v) is 5.67. The van der Waals surface area contributed by atoms with Crippen LogP contribution in [0.2, 0.25) is 0 Å². The highest BCUT2D eigenvalue weighted by molar-refractivity contribution is 5.67. The van der Waals surface area contributed by atoms with Crippen LogP contribution in [0, 0.1) is 0 Å². The molecule has 0 spiro atoms. The van der Waals surface area contributed by atoms with Gasteiger partial charge < -0.3 is 24.6 Å². The molecule has 5 nitrogen and oxygen atoms in total. The van der Waals surface area contributed by atoms with Gasteiger partial charge >= 0.3 is 0 Å². The summed E-state index contributed by atoms with van der Waals surface area (Å²) in [7, 11) is 0. The van der Waals surface area contributed by atoms with Gasteiger partial charge in [-0.25, -0.2) is 0 Å². The van der Waals surface area contributed by atoms with Gasteiger partial charge in [0.1, 0.15) is 29.6 Å². The molecule has 2 aromatic rings. The number of carbonyl (C=O) groups is 1. The smallest absolute Gasteiger partial charge is 0.127 e. The van der Waals surface area contributed by atoms with E-state index in [2.05, 4.69) is 4.90 Å². The van der Waals surface area contributed by atoms with Gasteiger partial charge in [0.2, 0.25) is 0 Å². The molecule has 5 heteroatoms. The maximum atomic E-state index is 11.8. The van der Waals surface area contributed by atoms with Gasteiger partial charge in [0.05, 0.1) is 0 Å². The summed E-state index contributed by atoms with van der Waals surface area (Å²) in [5.74, 6) is 0.726. The van der Waals surface area contributed by atoms with Gasteiger partial charge in [-0.05, 0) is 61.7 Å². The standard InChI is InChI=1S/C22H25NO4/c24-14-17-12-21(15-3-5-18(25)6-4-15)27-22-13-20(26)16(11-19(17)22)7-10-23-8-1-2-9-23/h3-6,11,13-14,17,21,25-26H,1-2,7-10,12H2/t17?,21-/m0/s1. The lowest BCUT2D eigenvalue weighted by atomic mass is 9.87. The maximum absolute atomic E-state index is 11.8. The lowest BCUT2D eigenvalue weighted by molar-refractivity contribution is -0.110. The van der Waals surface area contributed by atoms with E-state index in [1.54, 1.807) is 30.3 Å². The molecule has 142 valence electrons. The molecule has 0 aromatic heterocycles. The Morgan fingerprint density at radius 2 is 1.85 bits per heavy atom. The lowest BCUT2D eigenvalue weighted by Gasteiger charge is -2.31. The van der Waals surface area contributed by atoms with Crippen molar-refractivity contribution in [3.63, 3.8) is 0 Å². The number of likely N-dealkylation sites (tertiary alicyclic amines) is 1. The van der Waals surface area contributed by atoms with E-state index < -0.39 is 0 Å². The molecule has 0 saturated carbocycles. The van der Waals surface area contributed by atoms with Crippen LogP contribution in [0.5, 0.6) is 17.2 Å². The van der Waals surface area contributed by atoms with Gasteiger partial charge in [-0.3, -0.25) is 0 Å². The third-order valence-electron chi connectivity index (χ3n) is 5.67. The largest absolute Gasteiger partial charge is 0.508 e. The normalized spacial score (nSPS) is 22.2. The first-order valence-electron chi connectivity index (χ1n) is 9.63. The zero-order valence-electron chi connectivity index (χ0n) is 15.3. The first kappa shape index (κ1) is 17.9. The Bertz CT molecular complexity index is 812. The van der Waals surface area contributed by atoms with Gasteiger partial charge in [-0.1, -0.05) is 12.1 Å². The minimum atomic E-state index is -0.275. The molecule has 1 fully saturated rings. The fourth-order valence-corrected chi connectivity index (χ4v) is 4.09. The number of hydrogen-bond acceptors (Lipinski definition) is 5. The summed E-state index contributed by atoms with van der Waals surface area (Å²) < 4.78 is 6.09. The van der Waals surface area contributed by atoms with Crippen molar-refractivity contribution >= 4 is 6.29 Å². The summed E-state index contributed by atoms with van der Waals surface area (Å²) in [5.41, 5.74) is 2.64. The number of nitrogens with zero attached hydrogens (tertiary/aromatic N) is 1. The van der Waals surface area contributed by atoms with Crippen LogP contribution < -0.4 is 4.74 Å². The molecule has 0 bridgehead atoms. The first-order valence-corrected chi connectivity index (χ1v) is 9.63. The number of fused-ring (bicyclic) bond motifs is 1. The SMILES string of the molecule is O=CC1C[C@@H](c2ccc(O)cc2)Oc2cc(O)c(CCN3CCCC3)cc21. The molecule has 0 amide bonds. The molecule has 0 radical (unpaired) electrons. The zero-order chi connectivity index (χ0) is 18.8. The van der Waals surface area contributed by atoms with E-state index in [0.717, 1.165) is 49.0 Å². The molecule has 1 saturated heterocycles. The number of ether oxygens (including phenoxy) is 1. The molecule has 2 heterocycles. The molecule has 2 aliphatic heterocycles. The molecule has 4 rings (SSSR count). The van der Waals surface area contributed by atoms with Crippen LogP contribution in [-0.2, 0) is 11.2 Å². The van der Waals surface area contributed by atoms with Crippen molar-refractivity contribution in [3.8, 4) is 17.2 Å². The van der Waals surface area contributed by atoms with Crippen LogP contribution >= 0.6 is 0 Å². The monoisotopic (exact) mass is 367 g/mol. The number of phenolic OH excluding ortho intramolecular Hbond substituents is 2. The lowest BCUT2D eigenvalue weighted by Crippen LogP contribution is -2.23. The fourth-order valence-electron chi connectivity index (χ4n) is 4.09. The number of carbonyl (C=O) groups excluding carboxylic acids is 1. The van der Waals surface area contributed by atoms with E-state index in [-0.39, 0.29) is 23.5 Å². The summed E-state index contributed by atoms with van der Waals surface area (Å²) in [6.45, 7) is 3.18. The van der Waals surface area contributed by atoms with Gasteiger partial charge in [0, 0.05) is 30.5 Å². The Balaban J connectivity index is 1.56. The van der Waals surface area contributed by atoms with Gasteiger partial charge in [0.25, 0.3) is 0 Å². The Kier molecular flexibility index (Phi) is 5.03. The Morgan fingerprint density at radius 1 is 1.11 bits per heavy atom. The molecule has 0 aliphatic carbocycles. The summed E-state index contributed by atoms with van der Waals surface area (Å²) in [4.78, 5) is 14.2. The van der Waals surface area contributed by atoms with E-state index in [1.165, 1.54) is 12.8 Å². The van der Waals surface area contributed by atoms with Crippen molar-refractivity contribution in [1.82, 2.24) is 4.90 Å². The number of aromatic hydroxyl groups is 2. The summed E-state index contributed by atoms with van der Waals surface area (Å²) in [6.07, 6.45) is 4.51. The van der Waals surface area contributed by atoms with Crippen molar-refractivity contribution in [2.75, 3.05) is 19.6 Å². The second kappa shape index (κ2) is 7.61. The van der Waals surface area contributed by atoms with Crippen molar-refractivity contribution in [3.05, 3.63) is 53.1 Å². The highest BCUT2D eigenvalue weighted by atomic mass is 16.5. The predicted molar refractivity (Wildman–Crippen MR) is 102 cm³/mol. The number of phenols is 2. The first-order chi connectivity index (χ1) is 13.1. The topological polar surface area (TPSA) is 70.0 Å². The van der Waals surface area contributed by atoms with Gasteiger partial charge in [-0.2, -0.15) is 0 Å². The molecule has 1 unspecified atom stereocenters. The average Bonchev–Trinajstić information content (AvgIpc) is 3.19. The number of aldehydes is 1. The molecule has 27 heavy (non-hydrogen) atoms. The number of rotatable bonds is 5. The van der Waals surface area contributed by atoms with Crippen molar-refractivity contribution in [1.29, 1.82) is 0 Å². The Labute approximate surface area is 159 Å². The van der Waals surface area contributed by atoms with Crippen molar-refractivity contribution < 1.29 is 19.7 Å². The van der Waals surface area contributed by atoms with E-state index in [9.17, 15) is 15.0 Å². The molecular weight excluding hydrogens is 342 g/mol. The van der Waals surface area contributed by atoms with Crippen molar-refractivity contribution in [2.45, 2.75) is 37.7 Å². The molecule has 2 atom stereocenters. The van der Waals surface area contributed by atoms with Crippen LogP contribution in [-0.4, -0.2) is 41.0 Å². The second-order valence-corrected chi connectivity index (χ2v) is 7.49. The Morgan fingerprint density at radius 3 is 2.56 bits per heavy atom. The average molecular weight is 367 g/mol. The highest BCUT2D eigenvalue weighted by Gasteiger charge is 2.30. The zero-order valence-corrected chi connectivity index (χ0v) is 15.3. The minimum Gasteiger partial charge on any atom is -0.508 e.